The number of fused-ring (bicyclic) bond motifs is 2. The molecular formula is C16H19ClN4O. The molecule has 1 N–H and O–H groups in total. The second-order valence-corrected chi connectivity index (χ2v) is 7.06. The van der Waals surface area contributed by atoms with Crippen molar-refractivity contribution in [3.05, 3.63) is 28.5 Å². The summed E-state index contributed by atoms with van der Waals surface area (Å²) in [6, 6.07) is 3.75. The smallest absolute Gasteiger partial charge is 0.289 e. The van der Waals surface area contributed by atoms with Crippen molar-refractivity contribution in [2.75, 3.05) is 33.2 Å². The molecule has 0 unspecified atom stereocenters. The minimum absolute atomic E-state index is 0.00188. The molecule has 2 aliphatic heterocycles. The van der Waals surface area contributed by atoms with Crippen LogP contribution < -0.4 is 0 Å². The van der Waals surface area contributed by atoms with Crippen LogP contribution in [-0.2, 0) is 0 Å². The van der Waals surface area contributed by atoms with E-state index in [1.165, 1.54) is 0 Å². The Morgan fingerprint density at radius 1 is 1.27 bits per heavy atom. The lowest BCUT2D eigenvalue weighted by atomic mass is 10.0. The number of nitrogens with one attached hydrogen (secondary N) is 1. The van der Waals surface area contributed by atoms with Gasteiger partial charge in [-0.3, -0.25) is 4.79 Å². The van der Waals surface area contributed by atoms with Gasteiger partial charge in [0.05, 0.1) is 11.0 Å². The van der Waals surface area contributed by atoms with E-state index in [0.717, 1.165) is 42.8 Å². The standard InChI is InChI=1S/C16H19ClN4O/c1-9-3-13-14(4-12(9)17)19-15(18-13)16(22)21-7-10-5-20(2)6-11(10)8-21/h3-4,10-11H,5-8H2,1-2H3,(H,18,19)/t10-,11+. The molecule has 5 nitrogen and oxygen atoms in total. The fourth-order valence-electron chi connectivity index (χ4n) is 3.78. The van der Waals surface area contributed by atoms with Crippen LogP contribution in [0.4, 0.5) is 0 Å². The van der Waals surface area contributed by atoms with Gasteiger partial charge in [0.2, 0.25) is 0 Å². The quantitative estimate of drug-likeness (QED) is 0.876. The summed E-state index contributed by atoms with van der Waals surface area (Å²) in [6.45, 7) is 5.79. The summed E-state index contributed by atoms with van der Waals surface area (Å²) >= 11 is 6.13. The zero-order valence-electron chi connectivity index (χ0n) is 12.8. The number of rotatable bonds is 1. The number of halogens is 1. The van der Waals surface area contributed by atoms with Gasteiger partial charge in [-0.05, 0) is 43.5 Å². The van der Waals surface area contributed by atoms with Crippen LogP contribution in [0.25, 0.3) is 11.0 Å². The topological polar surface area (TPSA) is 52.2 Å². The van der Waals surface area contributed by atoms with Gasteiger partial charge in [0.15, 0.2) is 5.82 Å². The predicted molar refractivity (Wildman–Crippen MR) is 86.2 cm³/mol. The van der Waals surface area contributed by atoms with E-state index < -0.39 is 0 Å². The molecule has 2 atom stereocenters. The summed E-state index contributed by atoms with van der Waals surface area (Å²) in [7, 11) is 2.15. The first-order valence-corrected chi connectivity index (χ1v) is 8.03. The Hall–Kier alpha value is -1.59. The van der Waals surface area contributed by atoms with Crippen molar-refractivity contribution in [2.24, 2.45) is 11.8 Å². The Balaban J connectivity index is 1.58. The number of aromatic nitrogens is 2. The summed E-state index contributed by atoms with van der Waals surface area (Å²) in [5, 5.41) is 0.689. The maximum absolute atomic E-state index is 12.7. The van der Waals surface area contributed by atoms with Crippen LogP contribution in [0.3, 0.4) is 0 Å². The fraction of sp³-hybridized carbons (Fsp3) is 0.500. The molecule has 0 bridgehead atoms. The number of benzene rings is 1. The molecule has 3 heterocycles. The number of nitrogens with zero attached hydrogens (tertiary/aromatic N) is 3. The highest BCUT2D eigenvalue weighted by molar-refractivity contribution is 6.32. The number of carbonyl (C=O) groups excluding carboxylic acids is 1. The van der Waals surface area contributed by atoms with Crippen molar-refractivity contribution in [1.82, 2.24) is 19.8 Å². The molecule has 1 aromatic heterocycles. The predicted octanol–water partition coefficient (Wildman–Crippen LogP) is 2.16. The third kappa shape index (κ3) is 2.20. The Morgan fingerprint density at radius 2 is 1.95 bits per heavy atom. The lowest BCUT2D eigenvalue weighted by molar-refractivity contribution is 0.0765. The molecule has 0 spiro atoms. The molecule has 0 saturated carbocycles. The van der Waals surface area contributed by atoms with Crippen molar-refractivity contribution < 1.29 is 4.79 Å². The van der Waals surface area contributed by atoms with Crippen molar-refractivity contribution in [3.8, 4) is 0 Å². The van der Waals surface area contributed by atoms with E-state index >= 15 is 0 Å². The molecule has 2 saturated heterocycles. The van der Waals surface area contributed by atoms with Crippen molar-refractivity contribution in [3.63, 3.8) is 0 Å². The van der Waals surface area contributed by atoms with Crippen LogP contribution in [0.5, 0.6) is 0 Å². The highest BCUT2D eigenvalue weighted by atomic mass is 35.5. The van der Waals surface area contributed by atoms with E-state index in [-0.39, 0.29) is 5.91 Å². The highest BCUT2D eigenvalue weighted by Gasteiger charge is 2.41. The van der Waals surface area contributed by atoms with E-state index in [4.69, 9.17) is 11.6 Å². The summed E-state index contributed by atoms with van der Waals surface area (Å²) in [6.07, 6.45) is 0. The number of aromatic amines is 1. The van der Waals surface area contributed by atoms with Gasteiger partial charge >= 0.3 is 0 Å². The molecule has 22 heavy (non-hydrogen) atoms. The molecular weight excluding hydrogens is 300 g/mol. The zero-order valence-corrected chi connectivity index (χ0v) is 13.5. The van der Waals surface area contributed by atoms with Gasteiger partial charge in [-0.1, -0.05) is 11.6 Å². The van der Waals surface area contributed by atoms with Gasteiger partial charge in [0.1, 0.15) is 0 Å². The van der Waals surface area contributed by atoms with Crippen LogP contribution in [0.15, 0.2) is 12.1 Å². The monoisotopic (exact) mass is 318 g/mol. The summed E-state index contributed by atoms with van der Waals surface area (Å²) in [4.78, 5) is 24.5. The summed E-state index contributed by atoms with van der Waals surface area (Å²) in [5.74, 6) is 1.64. The summed E-state index contributed by atoms with van der Waals surface area (Å²) < 4.78 is 0. The largest absolute Gasteiger partial charge is 0.335 e. The molecule has 6 heteroatoms. The summed E-state index contributed by atoms with van der Waals surface area (Å²) in [5.41, 5.74) is 2.58. The number of likely N-dealkylation sites (tertiary alicyclic amines) is 2. The number of amides is 1. The van der Waals surface area contributed by atoms with E-state index in [1.54, 1.807) is 0 Å². The number of imidazole rings is 1. The van der Waals surface area contributed by atoms with E-state index in [9.17, 15) is 4.79 Å². The molecule has 2 aliphatic rings. The van der Waals surface area contributed by atoms with Gasteiger partial charge in [0.25, 0.3) is 5.91 Å². The minimum atomic E-state index is 0.00188. The van der Waals surface area contributed by atoms with Crippen LogP contribution in [0, 0.1) is 18.8 Å². The molecule has 2 fully saturated rings. The van der Waals surface area contributed by atoms with Crippen LogP contribution in [-0.4, -0.2) is 58.9 Å². The third-order valence-electron chi connectivity index (χ3n) is 4.92. The van der Waals surface area contributed by atoms with E-state index in [0.29, 0.717) is 22.7 Å². The first kappa shape index (κ1) is 14.0. The molecule has 2 aromatic rings. The van der Waals surface area contributed by atoms with E-state index in [2.05, 4.69) is 21.9 Å². The van der Waals surface area contributed by atoms with Crippen LogP contribution >= 0.6 is 11.6 Å². The third-order valence-corrected chi connectivity index (χ3v) is 5.33. The molecule has 1 aromatic carbocycles. The number of hydrogen-bond donors (Lipinski definition) is 1. The first-order valence-electron chi connectivity index (χ1n) is 7.65. The number of H-pyrrole nitrogens is 1. The van der Waals surface area contributed by atoms with Gasteiger partial charge in [-0.15, -0.1) is 0 Å². The number of aryl methyl sites for hydroxylation is 1. The molecule has 0 radical (unpaired) electrons. The molecule has 0 aliphatic carbocycles. The fourth-order valence-corrected chi connectivity index (χ4v) is 3.94. The van der Waals surface area contributed by atoms with E-state index in [1.807, 2.05) is 24.0 Å². The maximum atomic E-state index is 12.7. The Kier molecular flexibility index (Phi) is 3.16. The molecule has 1 amide bonds. The van der Waals surface area contributed by atoms with Crippen molar-refractivity contribution in [2.45, 2.75) is 6.92 Å². The number of carbonyl (C=O) groups is 1. The SMILES string of the molecule is Cc1cc2nc(C(=O)N3C[C@H]4CN(C)C[C@H]4C3)[nH]c2cc1Cl. The van der Waals surface area contributed by atoms with Gasteiger partial charge in [-0.2, -0.15) is 0 Å². The average molecular weight is 319 g/mol. The molecule has 116 valence electrons. The van der Waals surface area contributed by atoms with Crippen molar-refractivity contribution in [1.29, 1.82) is 0 Å². The average Bonchev–Trinajstić information content (AvgIpc) is 3.10. The number of hydrogen-bond acceptors (Lipinski definition) is 3. The lowest BCUT2D eigenvalue weighted by Crippen LogP contribution is -2.32. The van der Waals surface area contributed by atoms with Crippen LogP contribution in [0.2, 0.25) is 5.02 Å². The first-order chi connectivity index (χ1) is 10.5. The highest BCUT2D eigenvalue weighted by Crippen LogP contribution is 2.31. The van der Waals surface area contributed by atoms with Gasteiger partial charge in [-0.25, -0.2) is 4.98 Å². The Bertz CT molecular complexity index is 703. The minimum Gasteiger partial charge on any atom is -0.335 e. The maximum Gasteiger partial charge on any atom is 0.289 e. The Morgan fingerprint density at radius 3 is 2.64 bits per heavy atom. The molecule has 4 rings (SSSR count). The van der Waals surface area contributed by atoms with Gasteiger partial charge in [0, 0.05) is 31.2 Å². The van der Waals surface area contributed by atoms with Crippen LogP contribution in [0.1, 0.15) is 16.2 Å². The second kappa shape index (κ2) is 4.96. The van der Waals surface area contributed by atoms with Crippen molar-refractivity contribution >= 4 is 28.5 Å². The normalized spacial score (nSPS) is 25.1. The van der Waals surface area contributed by atoms with Gasteiger partial charge < -0.3 is 14.8 Å². The zero-order chi connectivity index (χ0) is 15.4. The lowest BCUT2D eigenvalue weighted by Gasteiger charge is -2.18. The second-order valence-electron chi connectivity index (χ2n) is 6.66. The Labute approximate surface area is 134 Å².